The largest absolute Gasteiger partial charge is 0.454 e. The van der Waals surface area contributed by atoms with Crippen molar-refractivity contribution in [3.05, 3.63) is 99.1 Å². The molecule has 0 spiro atoms. The summed E-state index contributed by atoms with van der Waals surface area (Å²) >= 11 is 5.74. The average molecular weight is 464 g/mol. The molecule has 0 saturated heterocycles. The molecule has 3 aromatic carbocycles. The lowest BCUT2D eigenvalue weighted by molar-refractivity contribution is -0.384. The number of ether oxygens (including phenoxy) is 1. The Bertz CT molecular complexity index is 1340. The summed E-state index contributed by atoms with van der Waals surface area (Å²) in [5.41, 5.74) is 1.20. The maximum atomic E-state index is 12.3. The van der Waals surface area contributed by atoms with Crippen molar-refractivity contribution >= 4 is 29.0 Å². The summed E-state index contributed by atoms with van der Waals surface area (Å²) in [5, 5.41) is 18.9. The van der Waals surface area contributed by atoms with E-state index in [1.54, 1.807) is 12.1 Å². The van der Waals surface area contributed by atoms with Crippen LogP contribution in [0.3, 0.4) is 0 Å². The second kappa shape index (κ2) is 9.41. The highest BCUT2D eigenvalue weighted by molar-refractivity contribution is 6.32. The van der Waals surface area contributed by atoms with Gasteiger partial charge in [-0.3, -0.25) is 14.9 Å². The minimum atomic E-state index is -0.728. The molecule has 4 aromatic rings. The monoisotopic (exact) mass is 463 g/mol. The molecule has 0 radical (unpaired) electrons. The lowest BCUT2D eigenvalue weighted by Crippen LogP contribution is -2.14. The maximum Gasteiger partial charge on any atom is 0.338 e. The van der Waals surface area contributed by atoms with Crippen LogP contribution in [0.2, 0.25) is 5.02 Å². The number of ketones is 1. The molecule has 0 amide bonds. The first kappa shape index (κ1) is 21.8. The second-order valence-corrected chi connectivity index (χ2v) is 7.19. The van der Waals surface area contributed by atoms with Crippen molar-refractivity contribution in [2.75, 3.05) is 6.61 Å². The summed E-state index contributed by atoms with van der Waals surface area (Å²) < 4.78 is 10.7. The number of carbonyl (C=O) groups excluding carboxylic acids is 2. The van der Waals surface area contributed by atoms with Crippen LogP contribution in [0, 0.1) is 10.1 Å². The van der Waals surface area contributed by atoms with Gasteiger partial charge in [0.05, 0.1) is 10.5 Å². The van der Waals surface area contributed by atoms with Gasteiger partial charge in [-0.1, -0.05) is 29.8 Å². The number of hydrogen-bond donors (Lipinski definition) is 0. The number of nitrogens with zero attached hydrogens (tertiary/aromatic N) is 3. The summed E-state index contributed by atoms with van der Waals surface area (Å²) in [6, 6.07) is 19.1. The van der Waals surface area contributed by atoms with E-state index in [0.29, 0.717) is 11.5 Å². The summed E-state index contributed by atoms with van der Waals surface area (Å²) in [6.45, 7) is -0.580. The maximum absolute atomic E-state index is 12.3. The van der Waals surface area contributed by atoms with E-state index in [-0.39, 0.29) is 22.0 Å². The lowest BCUT2D eigenvalue weighted by atomic mass is 10.1. The molecule has 1 heterocycles. The van der Waals surface area contributed by atoms with Crippen molar-refractivity contribution in [2.24, 2.45) is 0 Å². The van der Waals surface area contributed by atoms with Crippen LogP contribution in [-0.4, -0.2) is 33.5 Å². The zero-order valence-electron chi connectivity index (χ0n) is 16.8. The predicted molar refractivity (Wildman–Crippen MR) is 118 cm³/mol. The smallest absolute Gasteiger partial charge is 0.338 e. The molecule has 164 valence electrons. The third kappa shape index (κ3) is 4.94. The van der Waals surface area contributed by atoms with E-state index in [4.69, 9.17) is 20.8 Å². The number of nitro groups is 1. The Morgan fingerprint density at radius 2 is 1.52 bits per heavy atom. The second-order valence-electron chi connectivity index (χ2n) is 6.78. The number of rotatable bonds is 7. The van der Waals surface area contributed by atoms with Gasteiger partial charge in [0.15, 0.2) is 6.61 Å². The van der Waals surface area contributed by atoms with Gasteiger partial charge in [-0.05, 0) is 48.5 Å². The number of nitro benzene ring substituents is 1. The number of hydrogen-bond acceptors (Lipinski definition) is 8. The molecule has 0 atom stereocenters. The highest BCUT2D eigenvalue weighted by atomic mass is 35.5. The van der Waals surface area contributed by atoms with E-state index in [1.165, 1.54) is 24.3 Å². The van der Waals surface area contributed by atoms with Crippen LogP contribution in [0.15, 0.2) is 77.2 Å². The van der Waals surface area contributed by atoms with Crippen LogP contribution in [0.1, 0.15) is 20.7 Å². The number of carbonyl (C=O) groups is 2. The van der Waals surface area contributed by atoms with Crippen molar-refractivity contribution in [3.63, 3.8) is 0 Å². The minimum absolute atomic E-state index is 0.0138. The Kier molecular flexibility index (Phi) is 6.23. The number of halogens is 1. The fourth-order valence-electron chi connectivity index (χ4n) is 2.91. The van der Waals surface area contributed by atoms with Crippen LogP contribution in [0.4, 0.5) is 5.69 Å². The average Bonchev–Trinajstić information content (AvgIpc) is 3.33. The van der Waals surface area contributed by atoms with Crippen LogP contribution >= 0.6 is 11.6 Å². The molecular formula is C23H14ClN3O6. The van der Waals surface area contributed by atoms with Gasteiger partial charge in [0, 0.05) is 22.8 Å². The standard InChI is InChI=1S/C23H14ClN3O6/c24-18-11-10-17(12-19(18)27(30)31)20(28)13-32-23(29)16-8-6-15(7-9-16)22-26-25-21(33-22)14-4-2-1-3-5-14/h1-12H,13H2. The Morgan fingerprint density at radius 3 is 2.15 bits per heavy atom. The SMILES string of the molecule is O=C(COC(=O)c1ccc(-c2nnc(-c3ccccc3)o2)cc1)c1ccc(Cl)c([N+](=O)[O-])c1. The van der Waals surface area contributed by atoms with Gasteiger partial charge in [-0.25, -0.2) is 4.79 Å². The van der Waals surface area contributed by atoms with E-state index in [2.05, 4.69) is 10.2 Å². The predicted octanol–water partition coefficient (Wildman–Crippen LogP) is 5.00. The van der Waals surface area contributed by atoms with Gasteiger partial charge >= 0.3 is 5.97 Å². The zero-order chi connectivity index (χ0) is 23.4. The topological polar surface area (TPSA) is 125 Å². The van der Waals surface area contributed by atoms with Gasteiger partial charge in [-0.15, -0.1) is 10.2 Å². The van der Waals surface area contributed by atoms with Crippen LogP contribution in [0.25, 0.3) is 22.9 Å². The van der Waals surface area contributed by atoms with Crippen molar-refractivity contribution < 1.29 is 23.7 Å². The molecule has 33 heavy (non-hydrogen) atoms. The minimum Gasteiger partial charge on any atom is -0.454 e. The molecule has 9 nitrogen and oxygen atoms in total. The fourth-order valence-corrected chi connectivity index (χ4v) is 3.10. The van der Waals surface area contributed by atoms with Gasteiger partial charge < -0.3 is 9.15 Å². The Hall–Kier alpha value is -4.37. The third-order valence-corrected chi connectivity index (χ3v) is 4.93. The molecule has 0 aliphatic carbocycles. The molecular weight excluding hydrogens is 450 g/mol. The molecule has 10 heteroatoms. The first-order valence-electron chi connectivity index (χ1n) is 9.56. The third-order valence-electron chi connectivity index (χ3n) is 4.61. The summed E-state index contributed by atoms with van der Waals surface area (Å²) in [4.78, 5) is 34.8. The van der Waals surface area contributed by atoms with Crippen molar-refractivity contribution in [1.82, 2.24) is 10.2 Å². The van der Waals surface area contributed by atoms with Crippen LogP contribution in [0.5, 0.6) is 0 Å². The first-order valence-corrected chi connectivity index (χ1v) is 9.94. The van der Waals surface area contributed by atoms with Gasteiger partial charge in [-0.2, -0.15) is 0 Å². The highest BCUT2D eigenvalue weighted by Crippen LogP contribution is 2.26. The summed E-state index contributed by atoms with van der Waals surface area (Å²) in [7, 11) is 0. The van der Waals surface area contributed by atoms with Crippen LogP contribution in [-0.2, 0) is 4.74 Å². The van der Waals surface area contributed by atoms with Crippen molar-refractivity contribution in [1.29, 1.82) is 0 Å². The quantitative estimate of drug-likeness (QED) is 0.162. The first-order chi connectivity index (χ1) is 15.9. The van der Waals surface area contributed by atoms with Gasteiger partial charge in [0.1, 0.15) is 5.02 Å². The number of esters is 1. The van der Waals surface area contributed by atoms with Crippen LogP contribution < -0.4 is 0 Å². The molecule has 0 aliphatic rings. The number of benzene rings is 3. The molecule has 0 N–H and O–H groups in total. The Labute approximate surface area is 191 Å². The van der Waals surface area contributed by atoms with Gasteiger partial charge in [0.25, 0.3) is 5.69 Å². The normalized spacial score (nSPS) is 10.6. The lowest BCUT2D eigenvalue weighted by Gasteiger charge is -2.05. The Balaban J connectivity index is 1.40. The van der Waals surface area contributed by atoms with E-state index >= 15 is 0 Å². The molecule has 4 rings (SSSR count). The van der Waals surface area contributed by atoms with Crippen molar-refractivity contribution in [3.8, 4) is 22.9 Å². The Morgan fingerprint density at radius 1 is 0.909 bits per heavy atom. The van der Waals surface area contributed by atoms with Gasteiger partial charge in [0.2, 0.25) is 17.6 Å². The van der Waals surface area contributed by atoms with E-state index in [0.717, 1.165) is 11.6 Å². The summed E-state index contributed by atoms with van der Waals surface area (Å²) in [5.74, 6) is -0.670. The van der Waals surface area contributed by atoms with E-state index < -0.39 is 29.0 Å². The molecule has 1 aromatic heterocycles. The number of Topliss-reactive ketones (excluding diaryl/α,β-unsaturated/α-hetero) is 1. The zero-order valence-corrected chi connectivity index (χ0v) is 17.6. The fraction of sp³-hybridized carbons (Fsp3) is 0.0435. The molecule has 0 unspecified atom stereocenters. The highest BCUT2D eigenvalue weighted by Gasteiger charge is 2.18. The molecule has 0 saturated carbocycles. The van der Waals surface area contributed by atoms with Crippen molar-refractivity contribution in [2.45, 2.75) is 0 Å². The molecule has 0 fully saturated rings. The molecule has 0 bridgehead atoms. The molecule has 0 aliphatic heterocycles. The van der Waals surface area contributed by atoms with E-state index in [9.17, 15) is 19.7 Å². The summed E-state index contributed by atoms with van der Waals surface area (Å²) in [6.07, 6.45) is 0. The number of aromatic nitrogens is 2. The van der Waals surface area contributed by atoms with E-state index in [1.807, 2.05) is 30.3 Å².